The van der Waals surface area contributed by atoms with Crippen molar-refractivity contribution in [2.75, 3.05) is 13.6 Å². The van der Waals surface area contributed by atoms with Crippen molar-refractivity contribution >= 4 is 18.4 Å². The van der Waals surface area contributed by atoms with Crippen LogP contribution in [0.1, 0.15) is 160 Å². The summed E-state index contributed by atoms with van der Waals surface area (Å²) >= 11 is 0. The second-order valence-electron chi connectivity index (χ2n) is 18.0. The van der Waals surface area contributed by atoms with Crippen LogP contribution in [0.2, 0.25) is 0 Å². The first-order valence-corrected chi connectivity index (χ1v) is 21.7. The lowest BCUT2D eigenvalue weighted by Crippen LogP contribution is -2.41. The van der Waals surface area contributed by atoms with E-state index in [-0.39, 0.29) is 22.9 Å². The highest BCUT2D eigenvalue weighted by molar-refractivity contribution is 5.83. The molecule has 0 bridgehead atoms. The first kappa shape index (κ1) is 55.6. The summed E-state index contributed by atoms with van der Waals surface area (Å²) in [7, 11) is 2.06. The number of benzene rings is 2. The van der Waals surface area contributed by atoms with Gasteiger partial charge >= 0.3 is 0 Å². The zero-order valence-electron chi connectivity index (χ0n) is 39.7. The van der Waals surface area contributed by atoms with Gasteiger partial charge in [0, 0.05) is 23.7 Å². The number of likely N-dealkylation sites (tertiary alicyclic amines) is 1. The molecule has 4 rings (SSSR count). The highest BCUT2D eigenvalue weighted by Gasteiger charge is 2.66. The van der Waals surface area contributed by atoms with Crippen LogP contribution in [-0.2, 0) is 14.4 Å². The van der Waals surface area contributed by atoms with Gasteiger partial charge in [-0.2, -0.15) is 0 Å². The SMILES string of the molecule is C=C(CC(C)(C)C)NC(C=O)C(C)(C)C.C=C=C(C=O)C(C)CCC.CC.CC.CC(=O)C1C2C(CN1C)C2(C)C.CCCC(c1ccccc1)c1ccccc1. The smallest absolute Gasteiger partial charge is 0.153 e. The van der Waals surface area contributed by atoms with Crippen LogP contribution in [0.5, 0.6) is 0 Å². The first-order valence-electron chi connectivity index (χ1n) is 21.7. The van der Waals surface area contributed by atoms with E-state index in [1.807, 2.05) is 55.4 Å². The molecule has 322 valence electrons. The topological polar surface area (TPSA) is 66.5 Å². The molecule has 0 radical (unpaired) electrons. The maximum atomic E-state index is 11.3. The molecule has 2 aliphatic rings. The Morgan fingerprint density at radius 1 is 0.895 bits per heavy atom. The van der Waals surface area contributed by atoms with Crippen LogP contribution in [0.15, 0.2) is 90.8 Å². The number of likely N-dealkylation sites (N-methyl/N-ethyl adjacent to an activating group) is 1. The van der Waals surface area contributed by atoms with Crippen molar-refractivity contribution in [3.8, 4) is 0 Å². The monoisotopic (exact) mass is 787 g/mol. The van der Waals surface area contributed by atoms with Gasteiger partial charge in [-0.15, -0.1) is 5.73 Å². The Hall–Kier alpha value is -3.53. The summed E-state index contributed by atoms with van der Waals surface area (Å²) in [6, 6.07) is 21.6. The zero-order chi connectivity index (χ0) is 44.6. The third kappa shape index (κ3) is 20.1. The van der Waals surface area contributed by atoms with Crippen LogP contribution < -0.4 is 5.32 Å². The average Bonchev–Trinajstić information content (AvgIpc) is 3.46. The third-order valence-electron chi connectivity index (χ3n) is 10.6. The van der Waals surface area contributed by atoms with Crippen molar-refractivity contribution in [3.05, 3.63) is 102 Å². The number of nitrogens with zero attached hydrogens (tertiary/aromatic N) is 1. The van der Waals surface area contributed by atoms with E-state index in [1.165, 1.54) is 24.0 Å². The average molecular weight is 787 g/mol. The van der Waals surface area contributed by atoms with Gasteiger partial charge in [0.25, 0.3) is 0 Å². The maximum Gasteiger partial charge on any atom is 0.153 e. The molecule has 1 heterocycles. The van der Waals surface area contributed by atoms with Crippen LogP contribution in [0.25, 0.3) is 0 Å². The second-order valence-corrected chi connectivity index (χ2v) is 18.0. The Bertz CT molecular complexity index is 1420. The highest BCUT2D eigenvalue weighted by Crippen LogP contribution is 2.64. The predicted octanol–water partition coefficient (Wildman–Crippen LogP) is 13.3. The fraction of sp³-hybridized carbons (Fsp3) is 0.615. The van der Waals surface area contributed by atoms with E-state index in [0.29, 0.717) is 34.5 Å². The number of ketones is 1. The van der Waals surface area contributed by atoms with Gasteiger partial charge < -0.3 is 10.1 Å². The van der Waals surface area contributed by atoms with Crippen molar-refractivity contribution in [3.63, 3.8) is 0 Å². The number of aldehydes is 2. The van der Waals surface area contributed by atoms with Gasteiger partial charge in [0.05, 0.1) is 12.1 Å². The van der Waals surface area contributed by atoms with Crippen molar-refractivity contribution in [2.45, 2.75) is 161 Å². The molecule has 1 saturated carbocycles. The fourth-order valence-electron chi connectivity index (χ4n) is 7.49. The molecular weight excluding hydrogens is 701 g/mol. The number of nitrogens with one attached hydrogen (secondary N) is 1. The van der Waals surface area contributed by atoms with Gasteiger partial charge in [-0.3, -0.25) is 14.5 Å². The van der Waals surface area contributed by atoms with Crippen LogP contribution >= 0.6 is 0 Å². The van der Waals surface area contributed by atoms with Crippen molar-refractivity contribution < 1.29 is 14.4 Å². The molecule has 2 fully saturated rings. The minimum Gasteiger partial charge on any atom is -0.379 e. The summed E-state index contributed by atoms with van der Waals surface area (Å²) in [5.74, 6) is 2.62. The van der Waals surface area contributed by atoms with Crippen molar-refractivity contribution in [1.82, 2.24) is 10.2 Å². The van der Waals surface area contributed by atoms with E-state index in [2.05, 4.69) is 145 Å². The standard InChI is InChI=1S/C16H18.C13H25NO.C10H17NO.C9H14O.2C2H6/c1-2-9-16(14-10-5-3-6-11-14)15-12-7-4-8-13-15;1-10(8-12(2,3)4)14-11(9-15)13(5,6)7;1-6(12)9-8-7(5-11(9)4)10(8,2)3;1-4-6-8(3)9(5-2)7-10;2*1-2/h3-8,10-13,16H,2,9H2,1H3;9,11,14H,1,8H2,2-7H3;7-9H,5H2,1-4H3;7-8H,2,4,6H2,1,3H3;2*1-2H3. The molecule has 57 heavy (non-hydrogen) atoms. The molecule has 1 aliphatic carbocycles. The molecule has 1 saturated heterocycles. The molecular formula is C52H86N2O3. The van der Waals surface area contributed by atoms with Crippen LogP contribution in [0.3, 0.4) is 0 Å². The van der Waals surface area contributed by atoms with Gasteiger partial charge in [0.15, 0.2) is 6.29 Å². The number of fused-ring (bicyclic) bond motifs is 1. The lowest BCUT2D eigenvalue weighted by Gasteiger charge is -2.30. The Balaban J connectivity index is 0. The highest BCUT2D eigenvalue weighted by atomic mass is 16.1. The molecule has 5 atom stereocenters. The van der Waals surface area contributed by atoms with E-state index in [4.69, 9.17) is 0 Å². The molecule has 5 unspecified atom stereocenters. The van der Waals surface area contributed by atoms with Gasteiger partial charge in [0.1, 0.15) is 12.1 Å². The number of piperidine rings is 1. The molecule has 0 spiro atoms. The number of carbonyl (C=O) groups excluding carboxylic acids is 3. The number of rotatable bonds is 13. The molecule has 1 N–H and O–H groups in total. The number of hydrogen-bond acceptors (Lipinski definition) is 5. The van der Waals surface area contributed by atoms with Gasteiger partial charge in [-0.05, 0) is 78.4 Å². The summed E-state index contributed by atoms with van der Waals surface area (Å²) in [5, 5.41) is 3.20. The molecule has 1 aliphatic heterocycles. The number of allylic oxidation sites excluding steroid dienone is 2. The quantitative estimate of drug-likeness (QED) is 0.124. The van der Waals surface area contributed by atoms with Crippen molar-refractivity contribution in [1.29, 1.82) is 0 Å². The van der Waals surface area contributed by atoms with Crippen molar-refractivity contribution in [2.24, 2.45) is 34.0 Å². The molecule has 5 nitrogen and oxygen atoms in total. The van der Waals surface area contributed by atoms with E-state index in [9.17, 15) is 14.4 Å². The summed E-state index contributed by atoms with van der Waals surface area (Å²) < 4.78 is 0. The molecule has 2 aromatic rings. The zero-order valence-corrected chi connectivity index (χ0v) is 39.7. The summed E-state index contributed by atoms with van der Waals surface area (Å²) in [6.07, 6.45) is 7.26. The fourth-order valence-corrected chi connectivity index (χ4v) is 7.49. The minimum atomic E-state index is -0.160. The Kier molecular flexibility index (Phi) is 27.3. The second kappa shape index (κ2) is 28.0. The third-order valence-corrected chi connectivity index (χ3v) is 10.6. The molecule has 2 aromatic carbocycles. The van der Waals surface area contributed by atoms with E-state index < -0.39 is 0 Å². The molecule has 5 heteroatoms. The largest absolute Gasteiger partial charge is 0.379 e. The maximum absolute atomic E-state index is 11.3. The Morgan fingerprint density at radius 2 is 1.35 bits per heavy atom. The summed E-state index contributed by atoms with van der Waals surface area (Å²) in [4.78, 5) is 34.8. The summed E-state index contributed by atoms with van der Waals surface area (Å²) in [6.45, 7) is 41.8. The van der Waals surface area contributed by atoms with Crippen LogP contribution in [-0.4, -0.2) is 48.9 Å². The predicted molar refractivity (Wildman–Crippen MR) is 249 cm³/mol. The number of Topliss-reactive ketones (excluding diaryl/α,β-unsaturated/α-hetero) is 1. The van der Waals surface area contributed by atoms with Crippen LogP contribution in [0, 0.1) is 34.0 Å². The molecule has 0 amide bonds. The van der Waals surface area contributed by atoms with Gasteiger partial charge in [-0.1, -0.05) is 191 Å². The number of hydrogen-bond donors (Lipinski definition) is 1. The number of carbonyl (C=O) groups is 3. The van der Waals surface area contributed by atoms with Crippen LogP contribution in [0.4, 0.5) is 0 Å². The van der Waals surface area contributed by atoms with E-state index >= 15 is 0 Å². The van der Waals surface area contributed by atoms with Gasteiger partial charge in [-0.25, -0.2) is 0 Å². The van der Waals surface area contributed by atoms with Gasteiger partial charge in [0.2, 0.25) is 0 Å². The Labute approximate surface area is 352 Å². The normalized spacial score (nSPS) is 18.4. The van der Waals surface area contributed by atoms with E-state index in [1.54, 1.807) is 6.92 Å². The summed E-state index contributed by atoms with van der Waals surface area (Å²) in [5.41, 5.74) is 7.69. The lowest BCUT2D eigenvalue weighted by molar-refractivity contribution is -0.122. The lowest BCUT2D eigenvalue weighted by atomic mass is 9.86. The first-order chi connectivity index (χ1) is 26.7. The van der Waals surface area contributed by atoms with E-state index in [0.717, 1.165) is 50.0 Å². The molecule has 0 aromatic heterocycles. The Morgan fingerprint density at radius 3 is 1.65 bits per heavy atom. The minimum absolute atomic E-state index is 0.0669.